The highest BCUT2D eigenvalue weighted by Crippen LogP contribution is 2.20. The van der Waals surface area contributed by atoms with Gasteiger partial charge in [0.05, 0.1) is 23.9 Å². The van der Waals surface area contributed by atoms with Crippen molar-refractivity contribution in [2.75, 3.05) is 7.11 Å². The first-order valence-corrected chi connectivity index (χ1v) is 9.31. The molecule has 6 nitrogen and oxygen atoms in total. The molecule has 148 valence electrons. The van der Waals surface area contributed by atoms with E-state index in [-0.39, 0.29) is 5.92 Å². The molecule has 0 aliphatic carbocycles. The molecule has 0 radical (unpaired) electrons. The predicted molar refractivity (Wildman–Crippen MR) is 111 cm³/mol. The van der Waals surface area contributed by atoms with Crippen molar-refractivity contribution < 1.29 is 14.3 Å². The Kier molecular flexibility index (Phi) is 7.84. The summed E-state index contributed by atoms with van der Waals surface area (Å²) >= 11 is 12.0. The predicted octanol–water partition coefficient (Wildman–Crippen LogP) is 3.91. The van der Waals surface area contributed by atoms with Crippen LogP contribution in [0.1, 0.15) is 29.8 Å². The molecule has 0 aliphatic heterocycles. The van der Waals surface area contributed by atoms with E-state index in [0.717, 1.165) is 0 Å². The first-order chi connectivity index (χ1) is 13.3. The van der Waals surface area contributed by atoms with Gasteiger partial charge < -0.3 is 10.1 Å². The summed E-state index contributed by atoms with van der Waals surface area (Å²) in [7, 11) is 1.53. The number of rotatable bonds is 7. The average molecular weight is 422 g/mol. The SMILES string of the molecule is COc1ccc(Cl)cc1C=NNC(=O)C(NC(=O)c1ccccc1Cl)C(C)C. The number of methoxy groups -OCH3 is 1. The van der Waals surface area contributed by atoms with Crippen LogP contribution in [0, 0.1) is 5.92 Å². The number of nitrogens with one attached hydrogen (secondary N) is 2. The van der Waals surface area contributed by atoms with Crippen molar-refractivity contribution in [3.8, 4) is 5.75 Å². The molecule has 2 amide bonds. The van der Waals surface area contributed by atoms with E-state index in [2.05, 4.69) is 15.8 Å². The van der Waals surface area contributed by atoms with Crippen LogP contribution in [0.25, 0.3) is 0 Å². The number of ether oxygens (including phenoxy) is 1. The van der Waals surface area contributed by atoms with E-state index in [0.29, 0.717) is 26.9 Å². The minimum atomic E-state index is -0.790. The second-order valence-corrected chi connectivity index (χ2v) is 7.14. The highest BCUT2D eigenvalue weighted by Gasteiger charge is 2.25. The number of hydrogen-bond donors (Lipinski definition) is 2. The molecule has 1 unspecified atom stereocenters. The van der Waals surface area contributed by atoms with Crippen LogP contribution in [0.3, 0.4) is 0 Å². The lowest BCUT2D eigenvalue weighted by molar-refractivity contribution is -0.123. The molecular weight excluding hydrogens is 401 g/mol. The zero-order valence-corrected chi connectivity index (χ0v) is 17.2. The Morgan fingerprint density at radius 2 is 1.86 bits per heavy atom. The summed E-state index contributed by atoms with van der Waals surface area (Å²) in [5.74, 6) is -0.482. The first kappa shape index (κ1) is 21.7. The number of nitrogens with zero attached hydrogens (tertiary/aromatic N) is 1. The molecule has 0 saturated carbocycles. The quantitative estimate of drug-likeness (QED) is 0.525. The van der Waals surface area contributed by atoms with Crippen LogP contribution in [0.4, 0.5) is 0 Å². The minimum Gasteiger partial charge on any atom is -0.496 e. The van der Waals surface area contributed by atoms with Crippen LogP contribution in [-0.2, 0) is 4.79 Å². The molecule has 2 aromatic rings. The minimum absolute atomic E-state index is 0.164. The second kappa shape index (κ2) is 10.1. The molecular formula is C20H21Cl2N3O3. The third-order valence-electron chi connectivity index (χ3n) is 3.92. The smallest absolute Gasteiger partial charge is 0.262 e. The molecule has 0 aromatic heterocycles. The van der Waals surface area contributed by atoms with E-state index in [1.165, 1.54) is 13.3 Å². The lowest BCUT2D eigenvalue weighted by Gasteiger charge is -2.20. The lowest BCUT2D eigenvalue weighted by Crippen LogP contribution is -2.48. The number of benzene rings is 2. The summed E-state index contributed by atoms with van der Waals surface area (Å²) in [6.45, 7) is 3.64. The molecule has 2 rings (SSSR count). The maximum absolute atomic E-state index is 12.5. The summed E-state index contributed by atoms with van der Waals surface area (Å²) in [4.78, 5) is 25.0. The Hall–Kier alpha value is -2.57. The highest BCUT2D eigenvalue weighted by atomic mass is 35.5. The summed E-state index contributed by atoms with van der Waals surface area (Å²) < 4.78 is 5.22. The van der Waals surface area contributed by atoms with Gasteiger partial charge in [0.1, 0.15) is 11.8 Å². The number of hydrazone groups is 1. The van der Waals surface area contributed by atoms with E-state index in [1.54, 1.807) is 42.5 Å². The van der Waals surface area contributed by atoms with Crippen LogP contribution in [0.5, 0.6) is 5.75 Å². The fourth-order valence-corrected chi connectivity index (χ4v) is 2.84. The third kappa shape index (κ3) is 5.71. The molecule has 0 fully saturated rings. The van der Waals surface area contributed by atoms with Crippen molar-refractivity contribution in [1.82, 2.24) is 10.7 Å². The number of hydrogen-bond acceptors (Lipinski definition) is 4. The molecule has 2 N–H and O–H groups in total. The Balaban J connectivity index is 2.08. The van der Waals surface area contributed by atoms with E-state index in [9.17, 15) is 9.59 Å². The maximum Gasteiger partial charge on any atom is 0.262 e. The Labute approximate surface area is 173 Å². The average Bonchev–Trinajstić information content (AvgIpc) is 2.66. The van der Waals surface area contributed by atoms with Crippen LogP contribution in [0.2, 0.25) is 10.0 Å². The van der Waals surface area contributed by atoms with Gasteiger partial charge in [0.2, 0.25) is 0 Å². The number of halogens is 2. The van der Waals surface area contributed by atoms with Gasteiger partial charge in [-0.05, 0) is 36.2 Å². The van der Waals surface area contributed by atoms with E-state index in [4.69, 9.17) is 27.9 Å². The summed E-state index contributed by atoms with van der Waals surface area (Å²) in [6, 6.07) is 10.9. The number of carbonyl (C=O) groups excluding carboxylic acids is 2. The van der Waals surface area contributed by atoms with E-state index >= 15 is 0 Å². The van der Waals surface area contributed by atoms with Gasteiger partial charge in [-0.15, -0.1) is 0 Å². The zero-order valence-electron chi connectivity index (χ0n) is 15.7. The largest absolute Gasteiger partial charge is 0.496 e. The molecule has 0 saturated heterocycles. The van der Waals surface area contributed by atoms with Crippen LogP contribution < -0.4 is 15.5 Å². The molecule has 1 atom stereocenters. The van der Waals surface area contributed by atoms with Gasteiger partial charge >= 0.3 is 0 Å². The zero-order chi connectivity index (χ0) is 20.7. The summed E-state index contributed by atoms with van der Waals surface area (Å²) in [5.41, 5.74) is 3.35. The van der Waals surface area contributed by atoms with E-state index in [1.807, 2.05) is 13.8 Å². The van der Waals surface area contributed by atoms with Crippen molar-refractivity contribution in [2.45, 2.75) is 19.9 Å². The van der Waals surface area contributed by atoms with Crippen LogP contribution in [-0.4, -0.2) is 31.2 Å². The lowest BCUT2D eigenvalue weighted by atomic mass is 10.0. The molecule has 8 heteroatoms. The summed E-state index contributed by atoms with van der Waals surface area (Å²) in [6.07, 6.45) is 1.43. The Bertz CT molecular complexity index is 885. The van der Waals surface area contributed by atoms with E-state index < -0.39 is 17.9 Å². The van der Waals surface area contributed by atoms with Gasteiger partial charge in [0.15, 0.2) is 0 Å². The molecule has 0 heterocycles. The van der Waals surface area contributed by atoms with Crippen LogP contribution >= 0.6 is 23.2 Å². The number of carbonyl (C=O) groups is 2. The van der Waals surface area contributed by atoms with Gasteiger partial charge in [-0.3, -0.25) is 9.59 Å². The monoisotopic (exact) mass is 421 g/mol. The summed E-state index contributed by atoms with van der Waals surface area (Å²) in [5, 5.41) is 7.48. The van der Waals surface area contributed by atoms with Crippen LogP contribution in [0.15, 0.2) is 47.6 Å². The third-order valence-corrected chi connectivity index (χ3v) is 4.49. The fraction of sp³-hybridized carbons (Fsp3) is 0.250. The van der Waals surface area contributed by atoms with Gasteiger partial charge in [0.25, 0.3) is 11.8 Å². The van der Waals surface area contributed by atoms with Gasteiger partial charge in [-0.2, -0.15) is 5.10 Å². The van der Waals surface area contributed by atoms with Gasteiger partial charge in [-0.1, -0.05) is 49.2 Å². The van der Waals surface area contributed by atoms with Gasteiger partial charge in [-0.25, -0.2) is 5.43 Å². The Morgan fingerprint density at radius 1 is 1.14 bits per heavy atom. The van der Waals surface area contributed by atoms with Crippen molar-refractivity contribution in [2.24, 2.45) is 11.0 Å². The Morgan fingerprint density at radius 3 is 2.50 bits per heavy atom. The normalized spacial score (nSPS) is 12.1. The van der Waals surface area contributed by atoms with Crippen molar-refractivity contribution >= 4 is 41.2 Å². The molecule has 0 bridgehead atoms. The molecule has 0 aliphatic rings. The first-order valence-electron chi connectivity index (χ1n) is 8.55. The molecule has 28 heavy (non-hydrogen) atoms. The number of amides is 2. The van der Waals surface area contributed by atoms with Crippen molar-refractivity contribution in [3.05, 3.63) is 63.6 Å². The molecule has 0 spiro atoms. The van der Waals surface area contributed by atoms with Crippen molar-refractivity contribution in [1.29, 1.82) is 0 Å². The maximum atomic E-state index is 12.5. The molecule has 2 aromatic carbocycles. The standard InChI is InChI=1S/C20H21Cl2N3O3/c1-12(2)18(24-19(26)15-6-4-5-7-16(15)22)20(27)25-23-11-13-10-14(21)8-9-17(13)28-3/h4-12,18H,1-3H3,(H,24,26)(H,25,27). The van der Waals surface area contributed by atoms with Gasteiger partial charge in [0, 0.05) is 10.6 Å². The fourth-order valence-electron chi connectivity index (χ4n) is 2.44. The second-order valence-electron chi connectivity index (χ2n) is 6.30. The highest BCUT2D eigenvalue weighted by molar-refractivity contribution is 6.33. The topological polar surface area (TPSA) is 79.8 Å². The van der Waals surface area contributed by atoms with Crippen molar-refractivity contribution in [3.63, 3.8) is 0 Å².